The number of amides is 1. The highest BCUT2D eigenvalue weighted by atomic mass is 32.2. The molecule has 152 valence electrons. The fraction of sp³-hybridized carbons (Fsp3) is 0.333. The lowest BCUT2D eigenvalue weighted by Gasteiger charge is -2.13. The van der Waals surface area contributed by atoms with E-state index in [0.29, 0.717) is 18.5 Å². The zero-order chi connectivity index (χ0) is 20.3. The molecule has 0 spiro atoms. The van der Waals surface area contributed by atoms with Crippen molar-refractivity contribution in [1.29, 1.82) is 0 Å². The maximum absolute atomic E-state index is 12.6. The van der Waals surface area contributed by atoms with E-state index in [-0.39, 0.29) is 16.8 Å². The van der Waals surface area contributed by atoms with E-state index in [0.717, 1.165) is 42.5 Å². The number of fused-ring (bicyclic) bond motifs is 1. The van der Waals surface area contributed by atoms with Gasteiger partial charge in [-0.05, 0) is 43.2 Å². The average molecular weight is 413 g/mol. The summed E-state index contributed by atoms with van der Waals surface area (Å²) in [6.45, 7) is 0.399. The molecule has 1 saturated carbocycles. The third kappa shape index (κ3) is 4.65. The van der Waals surface area contributed by atoms with Crippen molar-refractivity contribution in [2.75, 3.05) is 6.54 Å². The second kappa shape index (κ2) is 8.34. The predicted octanol–water partition coefficient (Wildman–Crippen LogP) is 2.76. The van der Waals surface area contributed by atoms with Gasteiger partial charge in [-0.15, -0.1) is 0 Å². The first-order valence-corrected chi connectivity index (χ1v) is 11.3. The van der Waals surface area contributed by atoms with Gasteiger partial charge in [0, 0.05) is 24.6 Å². The van der Waals surface area contributed by atoms with Crippen LogP contribution in [0, 0.1) is 0 Å². The van der Waals surface area contributed by atoms with Gasteiger partial charge in [0.15, 0.2) is 0 Å². The van der Waals surface area contributed by atoms with Crippen LogP contribution in [0.25, 0.3) is 11.0 Å². The van der Waals surface area contributed by atoms with Crippen LogP contribution in [0.3, 0.4) is 0 Å². The van der Waals surface area contributed by atoms with Gasteiger partial charge in [-0.3, -0.25) is 4.79 Å². The van der Waals surface area contributed by atoms with Crippen LogP contribution in [0.4, 0.5) is 0 Å². The Labute approximate surface area is 170 Å². The minimum Gasteiger partial charge on any atom is -0.352 e. The second-order valence-electron chi connectivity index (χ2n) is 7.34. The van der Waals surface area contributed by atoms with Crippen molar-refractivity contribution < 1.29 is 13.2 Å². The molecule has 3 N–H and O–H groups in total. The predicted molar refractivity (Wildman–Crippen MR) is 111 cm³/mol. The lowest BCUT2D eigenvalue weighted by molar-refractivity contribution is 0.0954. The molecule has 0 saturated heterocycles. The molecule has 8 heteroatoms. The monoisotopic (exact) mass is 412 g/mol. The van der Waals surface area contributed by atoms with Crippen molar-refractivity contribution in [2.45, 2.75) is 43.0 Å². The lowest BCUT2D eigenvalue weighted by Crippen LogP contribution is -2.33. The van der Waals surface area contributed by atoms with Gasteiger partial charge in [-0.1, -0.05) is 31.0 Å². The van der Waals surface area contributed by atoms with E-state index in [2.05, 4.69) is 20.0 Å². The van der Waals surface area contributed by atoms with Gasteiger partial charge < -0.3 is 10.3 Å². The van der Waals surface area contributed by atoms with Gasteiger partial charge in [0.25, 0.3) is 5.91 Å². The highest BCUT2D eigenvalue weighted by Crippen LogP contribution is 2.21. The molecule has 0 radical (unpaired) electrons. The molecular weight excluding hydrogens is 388 g/mol. The van der Waals surface area contributed by atoms with E-state index in [1.165, 1.54) is 12.1 Å². The quantitative estimate of drug-likeness (QED) is 0.555. The number of benzene rings is 2. The summed E-state index contributed by atoms with van der Waals surface area (Å²) in [5, 5.41) is 2.83. The minimum atomic E-state index is -3.62. The summed E-state index contributed by atoms with van der Waals surface area (Å²) in [6, 6.07) is 13.9. The first-order chi connectivity index (χ1) is 14.0. The number of rotatable bonds is 7. The van der Waals surface area contributed by atoms with Crippen LogP contribution < -0.4 is 10.0 Å². The van der Waals surface area contributed by atoms with Gasteiger partial charge in [0.2, 0.25) is 10.0 Å². The van der Waals surface area contributed by atoms with Crippen molar-refractivity contribution in [3.63, 3.8) is 0 Å². The first kappa shape index (κ1) is 19.6. The highest BCUT2D eigenvalue weighted by molar-refractivity contribution is 7.89. The molecule has 1 fully saturated rings. The van der Waals surface area contributed by atoms with Crippen LogP contribution >= 0.6 is 0 Å². The number of imidazole rings is 1. The summed E-state index contributed by atoms with van der Waals surface area (Å²) < 4.78 is 27.9. The lowest BCUT2D eigenvalue weighted by atomic mass is 10.2. The van der Waals surface area contributed by atoms with E-state index in [9.17, 15) is 13.2 Å². The van der Waals surface area contributed by atoms with Crippen LogP contribution in [0.5, 0.6) is 0 Å². The van der Waals surface area contributed by atoms with Gasteiger partial charge in [-0.2, -0.15) is 0 Å². The molecule has 1 amide bonds. The topological polar surface area (TPSA) is 104 Å². The van der Waals surface area contributed by atoms with Crippen molar-refractivity contribution in [3.05, 3.63) is 59.9 Å². The standard InChI is InChI=1S/C21H24N4O3S/c26-21(22-13-12-20-23-18-10-3-4-11-19(18)24-20)15-6-5-9-17(14-15)29(27,28)25-16-7-1-2-8-16/h3-6,9-11,14,16,25H,1-2,7-8,12-13H2,(H,22,26)(H,23,24). The van der Waals surface area contributed by atoms with Crippen LogP contribution in [0.2, 0.25) is 0 Å². The SMILES string of the molecule is O=C(NCCc1nc2ccccc2[nH]1)c1cccc(S(=O)(=O)NC2CCCC2)c1. The molecule has 1 heterocycles. The first-order valence-electron chi connectivity index (χ1n) is 9.85. The van der Waals surface area contributed by atoms with E-state index < -0.39 is 10.0 Å². The van der Waals surface area contributed by atoms with Gasteiger partial charge in [0.1, 0.15) is 5.82 Å². The summed E-state index contributed by atoms with van der Waals surface area (Å²) in [7, 11) is -3.62. The number of para-hydroxylation sites is 2. The number of hydrogen-bond donors (Lipinski definition) is 3. The number of hydrogen-bond acceptors (Lipinski definition) is 4. The zero-order valence-corrected chi connectivity index (χ0v) is 16.8. The van der Waals surface area contributed by atoms with E-state index >= 15 is 0 Å². The van der Waals surface area contributed by atoms with Crippen molar-refractivity contribution in [1.82, 2.24) is 20.0 Å². The Hall–Kier alpha value is -2.71. The maximum Gasteiger partial charge on any atom is 0.251 e. The van der Waals surface area contributed by atoms with Crippen molar-refractivity contribution >= 4 is 27.0 Å². The minimum absolute atomic E-state index is 0.0127. The number of sulfonamides is 1. The van der Waals surface area contributed by atoms with Crippen LogP contribution in [-0.2, 0) is 16.4 Å². The maximum atomic E-state index is 12.6. The Bertz CT molecular complexity index is 1080. The fourth-order valence-electron chi connectivity index (χ4n) is 3.66. The van der Waals surface area contributed by atoms with Gasteiger partial charge in [0.05, 0.1) is 15.9 Å². The number of carbonyl (C=O) groups excluding carboxylic acids is 1. The molecule has 4 rings (SSSR count). The smallest absolute Gasteiger partial charge is 0.251 e. The fourth-order valence-corrected chi connectivity index (χ4v) is 5.01. The Kier molecular flexibility index (Phi) is 5.64. The summed E-state index contributed by atoms with van der Waals surface area (Å²) >= 11 is 0. The molecule has 1 aromatic heterocycles. The molecule has 2 aromatic carbocycles. The highest BCUT2D eigenvalue weighted by Gasteiger charge is 2.23. The number of aromatic nitrogens is 2. The van der Waals surface area contributed by atoms with Crippen molar-refractivity contribution in [3.8, 4) is 0 Å². The third-order valence-corrected chi connectivity index (χ3v) is 6.69. The molecule has 3 aromatic rings. The molecule has 0 aliphatic heterocycles. The number of nitrogens with one attached hydrogen (secondary N) is 3. The molecule has 0 unspecified atom stereocenters. The summed E-state index contributed by atoms with van der Waals surface area (Å²) in [4.78, 5) is 20.3. The average Bonchev–Trinajstić information content (AvgIpc) is 3.36. The Morgan fingerprint density at radius 2 is 1.90 bits per heavy atom. The van der Waals surface area contributed by atoms with Gasteiger partial charge in [-0.25, -0.2) is 18.1 Å². The van der Waals surface area contributed by atoms with Crippen LogP contribution in [0.15, 0.2) is 53.4 Å². The number of aromatic amines is 1. The number of nitrogens with zero attached hydrogens (tertiary/aromatic N) is 1. The Balaban J connectivity index is 1.37. The Morgan fingerprint density at radius 1 is 1.10 bits per heavy atom. The number of H-pyrrole nitrogens is 1. The molecule has 1 aliphatic rings. The summed E-state index contributed by atoms with van der Waals surface area (Å²) in [6.07, 6.45) is 4.37. The molecule has 0 atom stereocenters. The van der Waals surface area contributed by atoms with Crippen LogP contribution in [-0.4, -0.2) is 36.9 Å². The largest absolute Gasteiger partial charge is 0.352 e. The third-order valence-electron chi connectivity index (χ3n) is 5.17. The molecule has 1 aliphatic carbocycles. The Morgan fingerprint density at radius 3 is 2.69 bits per heavy atom. The summed E-state index contributed by atoms with van der Waals surface area (Å²) in [5.74, 6) is 0.489. The van der Waals surface area contributed by atoms with E-state index in [1.54, 1.807) is 12.1 Å². The molecule has 29 heavy (non-hydrogen) atoms. The second-order valence-corrected chi connectivity index (χ2v) is 9.05. The normalized spacial score (nSPS) is 15.0. The van der Waals surface area contributed by atoms with E-state index in [4.69, 9.17) is 0 Å². The van der Waals surface area contributed by atoms with Crippen LogP contribution in [0.1, 0.15) is 41.9 Å². The molecule has 0 bridgehead atoms. The molecular formula is C21H24N4O3S. The zero-order valence-electron chi connectivity index (χ0n) is 16.0. The molecule has 7 nitrogen and oxygen atoms in total. The summed E-state index contributed by atoms with van der Waals surface area (Å²) in [5.41, 5.74) is 2.17. The van der Waals surface area contributed by atoms with E-state index in [1.807, 2.05) is 24.3 Å². The van der Waals surface area contributed by atoms with Gasteiger partial charge >= 0.3 is 0 Å². The van der Waals surface area contributed by atoms with Crippen molar-refractivity contribution in [2.24, 2.45) is 0 Å². The number of carbonyl (C=O) groups is 1.